The fourth-order valence-corrected chi connectivity index (χ4v) is 0.558. The van der Waals surface area contributed by atoms with Gasteiger partial charge in [0.2, 0.25) is 0 Å². The van der Waals surface area contributed by atoms with Crippen LogP contribution in [0.2, 0.25) is 0 Å². The maximum Gasteiger partial charge on any atom is 0.341 e. The lowest BCUT2D eigenvalue weighted by atomic mass is 10.2. The molecule has 0 aliphatic rings. The summed E-state index contributed by atoms with van der Waals surface area (Å²) >= 11 is 0. The maximum absolute atomic E-state index is 10.7. The van der Waals surface area contributed by atoms with Crippen molar-refractivity contribution in [1.82, 2.24) is 0 Å². The molecule has 0 rings (SSSR count). The van der Waals surface area contributed by atoms with Crippen LogP contribution in [0.5, 0.6) is 0 Å². The Balaban J connectivity index is 0. The number of ketones is 1. The summed E-state index contributed by atoms with van der Waals surface area (Å²) in [4.78, 5) is 31.2. The highest BCUT2D eigenvalue weighted by Gasteiger charge is 2.08. The van der Waals surface area contributed by atoms with Crippen molar-refractivity contribution in [1.29, 1.82) is 0 Å². The van der Waals surface area contributed by atoms with Crippen LogP contribution in [0.15, 0.2) is 0 Å². The molecule has 0 aromatic rings. The van der Waals surface area contributed by atoms with Crippen molar-refractivity contribution >= 4 is 34.7 Å². The molecule has 0 aromatic carbocycles. The Morgan fingerprint density at radius 1 is 1.21 bits per heavy atom. The Morgan fingerprint density at radius 3 is 2.21 bits per heavy atom. The van der Waals surface area contributed by atoms with Crippen LogP contribution in [0.25, 0.3) is 0 Å². The molecule has 0 unspecified atom stereocenters. The number of carbonyl (C=O) groups is 3. The van der Waals surface area contributed by atoms with Gasteiger partial charge in [0.05, 0.1) is 13.0 Å². The van der Waals surface area contributed by atoms with E-state index in [0.29, 0.717) is 0 Å². The molecule has 0 amide bonds. The van der Waals surface area contributed by atoms with Gasteiger partial charge in [0.25, 0.3) is 0 Å². The fraction of sp³-hybridized carbons (Fsp3) is 0.571. The van der Waals surface area contributed by atoms with E-state index in [4.69, 9.17) is 10.8 Å². The number of ether oxygens (including phenoxy) is 1. The lowest BCUT2D eigenvalue weighted by molar-refractivity contribution is -0.155. The second-order valence-electron chi connectivity index (χ2n) is 2.30. The minimum atomic E-state index is -1.22. The van der Waals surface area contributed by atoms with Crippen LogP contribution < -0.4 is 5.73 Å². The van der Waals surface area contributed by atoms with Crippen molar-refractivity contribution in [3.8, 4) is 0 Å². The molecule has 0 aliphatic carbocycles. The number of aliphatic carboxylic acids is 1. The van der Waals surface area contributed by atoms with Crippen molar-refractivity contribution in [3.63, 3.8) is 0 Å². The van der Waals surface area contributed by atoms with Gasteiger partial charge in [-0.05, 0) is 0 Å². The van der Waals surface area contributed by atoms with Crippen LogP contribution in [-0.4, -0.2) is 36.0 Å². The molecule has 3 N–H and O–H groups in total. The summed E-state index contributed by atoms with van der Waals surface area (Å²) in [5.74, 6) is -2.19. The highest BCUT2D eigenvalue weighted by molar-refractivity contribution is 8.93. The maximum atomic E-state index is 10.7. The van der Waals surface area contributed by atoms with E-state index in [2.05, 4.69) is 4.74 Å². The van der Waals surface area contributed by atoms with Gasteiger partial charge in [-0.2, -0.15) is 0 Å². The zero-order chi connectivity index (χ0) is 10.3. The van der Waals surface area contributed by atoms with Crippen LogP contribution in [0.3, 0.4) is 0 Å². The second-order valence-corrected chi connectivity index (χ2v) is 2.30. The first-order valence-electron chi connectivity index (χ1n) is 3.65. The molecule has 0 radical (unpaired) electrons. The average molecular weight is 270 g/mol. The van der Waals surface area contributed by atoms with Gasteiger partial charge < -0.3 is 15.6 Å². The van der Waals surface area contributed by atoms with Crippen molar-refractivity contribution < 1.29 is 24.2 Å². The van der Waals surface area contributed by atoms with Crippen molar-refractivity contribution in [2.75, 3.05) is 13.2 Å². The molecule has 0 bridgehead atoms. The van der Waals surface area contributed by atoms with Crippen LogP contribution in [0, 0.1) is 0 Å². The third kappa shape index (κ3) is 9.14. The van der Waals surface area contributed by atoms with E-state index in [9.17, 15) is 14.4 Å². The SMILES string of the molecule is Br.NCC(=O)CCC(=O)OCC(=O)O. The van der Waals surface area contributed by atoms with E-state index >= 15 is 0 Å². The summed E-state index contributed by atoms with van der Waals surface area (Å²) in [5, 5.41) is 8.12. The Morgan fingerprint density at radius 2 is 1.79 bits per heavy atom. The number of nitrogens with two attached hydrogens (primary N) is 1. The van der Waals surface area contributed by atoms with Crippen molar-refractivity contribution in [2.24, 2.45) is 5.73 Å². The minimum absolute atomic E-state index is 0. The molecule has 6 nitrogen and oxygen atoms in total. The van der Waals surface area contributed by atoms with E-state index in [1.54, 1.807) is 0 Å². The van der Waals surface area contributed by atoms with Crippen LogP contribution in [0.1, 0.15) is 12.8 Å². The first kappa shape index (κ1) is 15.5. The first-order chi connectivity index (χ1) is 6.06. The van der Waals surface area contributed by atoms with Gasteiger partial charge >= 0.3 is 11.9 Å². The molecule has 0 aliphatic heterocycles. The predicted octanol–water partition coefficient (Wildman–Crippen LogP) is -0.500. The van der Waals surface area contributed by atoms with Gasteiger partial charge in [0.1, 0.15) is 5.78 Å². The highest BCUT2D eigenvalue weighted by Crippen LogP contribution is 1.93. The van der Waals surface area contributed by atoms with Gasteiger partial charge in [0.15, 0.2) is 6.61 Å². The summed E-state index contributed by atoms with van der Waals surface area (Å²) < 4.78 is 4.27. The molecule has 0 atom stereocenters. The van der Waals surface area contributed by atoms with Gasteiger partial charge in [-0.1, -0.05) is 0 Å². The van der Waals surface area contributed by atoms with Gasteiger partial charge in [-0.3, -0.25) is 9.59 Å². The number of hydrogen-bond donors (Lipinski definition) is 2. The number of carbonyl (C=O) groups excluding carboxylic acids is 2. The molecular weight excluding hydrogens is 258 g/mol. The minimum Gasteiger partial charge on any atom is -0.479 e. The van der Waals surface area contributed by atoms with Crippen LogP contribution in [0.4, 0.5) is 0 Å². The van der Waals surface area contributed by atoms with Crippen LogP contribution in [-0.2, 0) is 19.1 Å². The number of rotatable bonds is 6. The fourth-order valence-electron chi connectivity index (χ4n) is 0.558. The lowest BCUT2D eigenvalue weighted by Gasteiger charge is -1.99. The summed E-state index contributed by atoms with van der Waals surface area (Å²) in [5.41, 5.74) is 4.98. The molecule has 0 spiro atoms. The van der Waals surface area contributed by atoms with Gasteiger partial charge in [0, 0.05) is 6.42 Å². The monoisotopic (exact) mass is 269 g/mol. The molecule has 0 heterocycles. The lowest BCUT2D eigenvalue weighted by Crippen LogP contribution is -2.17. The van der Waals surface area contributed by atoms with E-state index < -0.39 is 18.5 Å². The first-order valence-corrected chi connectivity index (χ1v) is 3.65. The summed E-state index contributed by atoms with van der Waals surface area (Å²) in [6, 6.07) is 0. The largest absolute Gasteiger partial charge is 0.479 e. The van der Waals surface area contributed by atoms with Gasteiger partial charge in [-0.15, -0.1) is 17.0 Å². The van der Waals surface area contributed by atoms with E-state index in [1.807, 2.05) is 0 Å². The zero-order valence-corrected chi connectivity index (χ0v) is 9.11. The number of esters is 1. The summed E-state index contributed by atoms with van der Waals surface area (Å²) in [6.45, 7) is -0.790. The Hall–Kier alpha value is -0.950. The number of hydrogen-bond acceptors (Lipinski definition) is 5. The standard InChI is InChI=1S/C7H11NO5.BrH/c8-3-5(9)1-2-7(12)13-4-6(10)11;/h1-4,8H2,(H,10,11);1H. The molecule has 82 valence electrons. The number of Topliss-reactive ketones (excluding diaryl/α,β-unsaturated/α-hetero) is 1. The summed E-state index contributed by atoms with van der Waals surface area (Å²) in [6.07, 6.45) is -0.127. The Labute approximate surface area is 91.2 Å². The Kier molecular flexibility index (Phi) is 9.58. The topological polar surface area (TPSA) is 107 Å². The third-order valence-electron chi connectivity index (χ3n) is 1.19. The smallest absolute Gasteiger partial charge is 0.341 e. The highest BCUT2D eigenvalue weighted by atomic mass is 79.9. The summed E-state index contributed by atoms with van der Waals surface area (Å²) in [7, 11) is 0. The average Bonchev–Trinajstić information content (AvgIpc) is 2.10. The van der Waals surface area contributed by atoms with E-state index in [1.165, 1.54) is 0 Å². The zero-order valence-electron chi connectivity index (χ0n) is 7.39. The number of carboxylic acid groups (broad SMARTS) is 1. The van der Waals surface area contributed by atoms with Crippen molar-refractivity contribution in [3.05, 3.63) is 0 Å². The quantitative estimate of drug-likeness (QED) is 0.630. The molecule has 14 heavy (non-hydrogen) atoms. The second kappa shape index (κ2) is 8.64. The Bertz CT molecular complexity index is 218. The molecule has 0 aromatic heterocycles. The molecule has 7 heteroatoms. The van der Waals surface area contributed by atoms with Crippen LogP contribution >= 0.6 is 17.0 Å². The molecular formula is C7H12BrNO5. The van der Waals surface area contributed by atoms with Gasteiger partial charge in [-0.25, -0.2) is 4.79 Å². The molecule has 0 saturated heterocycles. The molecule has 0 saturated carbocycles. The van der Waals surface area contributed by atoms with E-state index in [-0.39, 0.29) is 42.2 Å². The predicted molar refractivity (Wildman–Crippen MR) is 52.2 cm³/mol. The molecule has 0 fully saturated rings. The third-order valence-corrected chi connectivity index (χ3v) is 1.19. The normalized spacial score (nSPS) is 8.64. The number of halogens is 1. The number of carboxylic acids is 1. The van der Waals surface area contributed by atoms with E-state index in [0.717, 1.165) is 0 Å². The van der Waals surface area contributed by atoms with Crippen molar-refractivity contribution in [2.45, 2.75) is 12.8 Å².